The highest BCUT2D eigenvalue weighted by Gasteiger charge is 2.12. The van der Waals surface area contributed by atoms with E-state index in [1.807, 2.05) is 18.5 Å². The van der Waals surface area contributed by atoms with Gasteiger partial charge in [0.2, 0.25) is 0 Å². The molecule has 1 aromatic carbocycles. The highest BCUT2D eigenvalue weighted by atomic mass is 15.1. The molecule has 0 unspecified atom stereocenters. The van der Waals surface area contributed by atoms with Gasteiger partial charge in [0.15, 0.2) is 0 Å². The third-order valence-electron chi connectivity index (χ3n) is 6.36. The van der Waals surface area contributed by atoms with E-state index in [1.54, 1.807) is 12.4 Å². The number of H-pyrrole nitrogens is 1. The number of benzene rings is 1. The first-order chi connectivity index (χ1) is 15.8. The standard InChI is InChI=1S/C26H24N6/c1-2-10-32(11-3-1)17-18-4-6-19(7-5-18)21-12-23-22-13-24(20-8-9-29-30-15-20)27-16-25(22)31-26(23)28-14-21/h4-9,12-16H,1-3,10-11,17H2,(H,28,31). The van der Waals surface area contributed by atoms with Crippen LogP contribution in [0.4, 0.5) is 0 Å². The molecule has 0 radical (unpaired) electrons. The van der Waals surface area contributed by atoms with Gasteiger partial charge in [0.05, 0.1) is 29.8 Å². The Hall–Kier alpha value is -3.64. The molecule has 0 spiro atoms. The van der Waals surface area contributed by atoms with E-state index in [4.69, 9.17) is 4.98 Å². The van der Waals surface area contributed by atoms with Gasteiger partial charge in [-0.2, -0.15) is 10.2 Å². The molecule has 6 nitrogen and oxygen atoms in total. The molecule has 6 heteroatoms. The molecule has 6 rings (SSSR count). The number of rotatable bonds is 4. The zero-order valence-electron chi connectivity index (χ0n) is 17.8. The van der Waals surface area contributed by atoms with Gasteiger partial charge in [0.1, 0.15) is 5.65 Å². The van der Waals surface area contributed by atoms with E-state index in [0.29, 0.717) is 0 Å². The number of piperidine rings is 1. The van der Waals surface area contributed by atoms with Gasteiger partial charge in [-0.25, -0.2) is 4.98 Å². The fourth-order valence-corrected chi connectivity index (χ4v) is 4.61. The molecule has 0 aliphatic carbocycles. The third kappa shape index (κ3) is 3.63. The SMILES string of the molecule is c1cc(-c2cc3c(cn2)[nH]c2ncc(-c4ccc(CN5CCCCC5)cc4)cc23)cnn1. The van der Waals surface area contributed by atoms with Crippen molar-refractivity contribution in [2.45, 2.75) is 25.8 Å². The lowest BCUT2D eigenvalue weighted by atomic mass is 10.0. The Labute approximate surface area is 186 Å². The molecule has 0 bridgehead atoms. The monoisotopic (exact) mass is 420 g/mol. The van der Waals surface area contributed by atoms with E-state index in [0.717, 1.165) is 45.3 Å². The molecule has 1 aliphatic heterocycles. The van der Waals surface area contributed by atoms with Crippen molar-refractivity contribution in [1.29, 1.82) is 0 Å². The van der Waals surface area contributed by atoms with Crippen molar-refractivity contribution in [2.24, 2.45) is 0 Å². The van der Waals surface area contributed by atoms with E-state index < -0.39 is 0 Å². The Morgan fingerprint density at radius 2 is 1.62 bits per heavy atom. The van der Waals surface area contributed by atoms with E-state index in [9.17, 15) is 0 Å². The maximum Gasteiger partial charge on any atom is 0.138 e. The Morgan fingerprint density at radius 1 is 0.750 bits per heavy atom. The van der Waals surface area contributed by atoms with E-state index >= 15 is 0 Å². The quantitative estimate of drug-likeness (QED) is 0.432. The van der Waals surface area contributed by atoms with Crippen LogP contribution in [0.25, 0.3) is 44.3 Å². The molecule has 158 valence electrons. The van der Waals surface area contributed by atoms with Gasteiger partial charge in [0.25, 0.3) is 0 Å². The van der Waals surface area contributed by atoms with Crippen molar-refractivity contribution >= 4 is 21.9 Å². The predicted molar refractivity (Wildman–Crippen MR) is 127 cm³/mol. The number of pyridine rings is 2. The number of hydrogen-bond acceptors (Lipinski definition) is 5. The summed E-state index contributed by atoms with van der Waals surface area (Å²) in [5.74, 6) is 0. The van der Waals surface area contributed by atoms with Crippen LogP contribution in [-0.2, 0) is 6.54 Å². The first-order valence-corrected chi connectivity index (χ1v) is 11.2. The zero-order chi connectivity index (χ0) is 21.3. The lowest BCUT2D eigenvalue weighted by Crippen LogP contribution is -2.28. The maximum atomic E-state index is 4.70. The second-order valence-corrected chi connectivity index (χ2v) is 8.53. The van der Waals surface area contributed by atoms with Crippen LogP contribution < -0.4 is 0 Å². The average molecular weight is 421 g/mol. The number of nitrogens with zero attached hydrogens (tertiary/aromatic N) is 5. The largest absolute Gasteiger partial charge is 0.338 e. The van der Waals surface area contributed by atoms with Crippen molar-refractivity contribution in [2.75, 3.05) is 13.1 Å². The van der Waals surface area contributed by atoms with Crippen LogP contribution in [0.5, 0.6) is 0 Å². The second-order valence-electron chi connectivity index (χ2n) is 8.53. The molecule has 0 amide bonds. The summed E-state index contributed by atoms with van der Waals surface area (Å²) in [4.78, 5) is 15.2. The fraction of sp³-hybridized carbons (Fsp3) is 0.231. The van der Waals surface area contributed by atoms with Crippen molar-refractivity contribution in [1.82, 2.24) is 30.0 Å². The number of likely N-dealkylation sites (tertiary alicyclic amines) is 1. The van der Waals surface area contributed by atoms with Crippen molar-refractivity contribution in [3.05, 3.63) is 72.8 Å². The normalized spacial score (nSPS) is 14.9. The molecule has 1 N–H and O–H groups in total. The molecule has 0 atom stereocenters. The van der Waals surface area contributed by atoms with Crippen LogP contribution in [0.1, 0.15) is 24.8 Å². The summed E-state index contributed by atoms with van der Waals surface area (Å²) >= 11 is 0. The lowest BCUT2D eigenvalue weighted by molar-refractivity contribution is 0.221. The first-order valence-electron chi connectivity index (χ1n) is 11.2. The predicted octanol–water partition coefficient (Wildman–Crippen LogP) is 5.22. The summed E-state index contributed by atoms with van der Waals surface area (Å²) in [7, 11) is 0. The number of nitrogens with one attached hydrogen (secondary N) is 1. The summed E-state index contributed by atoms with van der Waals surface area (Å²) in [6.07, 6.45) is 11.2. The van der Waals surface area contributed by atoms with E-state index in [1.165, 1.54) is 43.5 Å². The topological polar surface area (TPSA) is 70.6 Å². The highest BCUT2D eigenvalue weighted by molar-refractivity contribution is 6.07. The Bertz CT molecular complexity index is 1370. The highest BCUT2D eigenvalue weighted by Crippen LogP contribution is 2.30. The van der Waals surface area contributed by atoms with Gasteiger partial charge in [-0.15, -0.1) is 0 Å². The van der Waals surface area contributed by atoms with Crippen LogP contribution in [0.15, 0.2) is 67.3 Å². The molecule has 5 aromatic rings. The van der Waals surface area contributed by atoms with Crippen LogP contribution in [0.3, 0.4) is 0 Å². The minimum absolute atomic E-state index is 0.872. The van der Waals surface area contributed by atoms with E-state index in [2.05, 4.69) is 61.5 Å². The summed E-state index contributed by atoms with van der Waals surface area (Å²) in [5.41, 5.74) is 7.35. The maximum absolute atomic E-state index is 4.70. The van der Waals surface area contributed by atoms with Gasteiger partial charge < -0.3 is 4.98 Å². The van der Waals surface area contributed by atoms with Crippen molar-refractivity contribution in [3.63, 3.8) is 0 Å². The molecule has 1 saturated heterocycles. The molecule has 1 aliphatic rings. The summed E-state index contributed by atoms with van der Waals surface area (Å²) in [5, 5.41) is 10.0. The molecular weight excluding hydrogens is 396 g/mol. The Morgan fingerprint density at radius 3 is 2.44 bits per heavy atom. The molecule has 0 saturated carbocycles. The summed E-state index contributed by atoms with van der Waals surface area (Å²) in [6, 6.07) is 15.2. The Balaban J connectivity index is 1.33. The van der Waals surface area contributed by atoms with Crippen LogP contribution >= 0.6 is 0 Å². The van der Waals surface area contributed by atoms with Crippen LogP contribution in [0, 0.1) is 0 Å². The number of aromatic amines is 1. The molecule has 1 fully saturated rings. The molecule has 32 heavy (non-hydrogen) atoms. The van der Waals surface area contributed by atoms with Crippen LogP contribution in [-0.4, -0.2) is 43.1 Å². The fourth-order valence-electron chi connectivity index (χ4n) is 4.61. The minimum Gasteiger partial charge on any atom is -0.338 e. The third-order valence-corrected chi connectivity index (χ3v) is 6.36. The zero-order valence-corrected chi connectivity index (χ0v) is 17.8. The average Bonchev–Trinajstić information content (AvgIpc) is 3.23. The van der Waals surface area contributed by atoms with Gasteiger partial charge in [0, 0.05) is 34.6 Å². The molecule has 5 heterocycles. The second kappa shape index (κ2) is 8.13. The number of hydrogen-bond donors (Lipinski definition) is 1. The number of fused-ring (bicyclic) bond motifs is 3. The summed E-state index contributed by atoms with van der Waals surface area (Å²) < 4.78 is 0. The van der Waals surface area contributed by atoms with Gasteiger partial charge in [-0.1, -0.05) is 30.7 Å². The smallest absolute Gasteiger partial charge is 0.138 e. The first kappa shape index (κ1) is 19.1. The van der Waals surface area contributed by atoms with Gasteiger partial charge in [-0.3, -0.25) is 9.88 Å². The molecular formula is C26H24N6. The lowest BCUT2D eigenvalue weighted by Gasteiger charge is -2.26. The molecule has 4 aromatic heterocycles. The van der Waals surface area contributed by atoms with Gasteiger partial charge in [-0.05, 0) is 55.3 Å². The van der Waals surface area contributed by atoms with E-state index in [-0.39, 0.29) is 0 Å². The van der Waals surface area contributed by atoms with Crippen molar-refractivity contribution < 1.29 is 0 Å². The van der Waals surface area contributed by atoms with Crippen molar-refractivity contribution in [3.8, 4) is 22.4 Å². The minimum atomic E-state index is 0.872. The summed E-state index contributed by atoms with van der Waals surface area (Å²) in [6.45, 7) is 3.48. The van der Waals surface area contributed by atoms with Gasteiger partial charge >= 0.3 is 0 Å². The van der Waals surface area contributed by atoms with Crippen LogP contribution in [0.2, 0.25) is 0 Å². The number of aromatic nitrogens is 5. The Kier molecular flexibility index (Phi) is 4.85.